The van der Waals surface area contributed by atoms with Gasteiger partial charge in [0, 0.05) is 16.6 Å². The lowest BCUT2D eigenvalue weighted by Crippen LogP contribution is -2.20. The summed E-state index contributed by atoms with van der Waals surface area (Å²) in [6, 6.07) is 11.1. The van der Waals surface area contributed by atoms with Crippen molar-refractivity contribution >= 4 is 34.1 Å². The minimum absolute atomic E-state index is 0.100. The molecule has 1 aromatic heterocycles. The van der Waals surface area contributed by atoms with Crippen molar-refractivity contribution in [2.75, 3.05) is 18.5 Å². The van der Waals surface area contributed by atoms with Crippen molar-refractivity contribution in [2.45, 2.75) is 33.6 Å². The summed E-state index contributed by atoms with van der Waals surface area (Å²) in [5.74, 6) is 1.08. The van der Waals surface area contributed by atoms with E-state index in [9.17, 15) is 4.79 Å². The van der Waals surface area contributed by atoms with E-state index >= 15 is 0 Å². The number of ether oxygens (including phenoxy) is 2. The number of carbonyl (C=O) groups is 1. The van der Waals surface area contributed by atoms with Gasteiger partial charge in [0.1, 0.15) is 17.0 Å². The molecular formula is C23H25ClN2O3. The molecule has 152 valence electrons. The predicted octanol–water partition coefficient (Wildman–Crippen LogP) is 5.70. The summed E-state index contributed by atoms with van der Waals surface area (Å²) in [5, 5.41) is 4.44. The molecule has 0 atom stereocenters. The normalized spacial score (nSPS) is 10.8. The van der Waals surface area contributed by atoms with Crippen LogP contribution in [-0.4, -0.2) is 24.1 Å². The first-order valence-electron chi connectivity index (χ1n) is 9.69. The number of benzene rings is 2. The maximum absolute atomic E-state index is 12.4. The molecule has 0 aliphatic heterocycles. The summed E-state index contributed by atoms with van der Waals surface area (Å²) in [6.07, 6.45) is 3.76. The van der Waals surface area contributed by atoms with Crippen LogP contribution in [0.25, 0.3) is 10.9 Å². The maximum atomic E-state index is 12.4. The lowest BCUT2D eigenvalue weighted by Gasteiger charge is -2.13. The van der Waals surface area contributed by atoms with Crippen molar-refractivity contribution in [3.63, 3.8) is 0 Å². The van der Waals surface area contributed by atoms with E-state index < -0.39 is 0 Å². The second-order valence-corrected chi connectivity index (χ2v) is 7.30. The van der Waals surface area contributed by atoms with Crippen molar-refractivity contribution in [1.29, 1.82) is 0 Å². The summed E-state index contributed by atoms with van der Waals surface area (Å²) in [6.45, 7) is 6.48. The second kappa shape index (κ2) is 9.61. The van der Waals surface area contributed by atoms with E-state index in [1.165, 1.54) is 0 Å². The van der Waals surface area contributed by atoms with Crippen LogP contribution in [0.1, 0.15) is 30.9 Å². The molecule has 1 amide bonds. The number of aryl methyl sites for hydroxylation is 2. The number of carbonyl (C=O) groups excluding carboxylic acids is 1. The highest BCUT2D eigenvalue weighted by molar-refractivity contribution is 6.32. The van der Waals surface area contributed by atoms with E-state index in [4.69, 9.17) is 21.1 Å². The average molecular weight is 413 g/mol. The number of nitrogens with zero attached hydrogens (tertiary/aromatic N) is 1. The number of aromatic nitrogens is 1. The van der Waals surface area contributed by atoms with Gasteiger partial charge in [0.25, 0.3) is 5.91 Å². The topological polar surface area (TPSA) is 60.5 Å². The lowest BCUT2D eigenvalue weighted by molar-refractivity contribution is -0.118. The van der Waals surface area contributed by atoms with Crippen LogP contribution in [-0.2, 0) is 4.79 Å². The third-order valence-electron chi connectivity index (χ3n) is 4.54. The highest BCUT2D eigenvalue weighted by atomic mass is 35.5. The number of fused-ring (bicyclic) bond motifs is 1. The Labute approximate surface area is 176 Å². The summed E-state index contributed by atoms with van der Waals surface area (Å²) in [5.41, 5.74) is 3.23. The Hall–Kier alpha value is -2.79. The molecule has 0 bridgehead atoms. The second-order valence-electron chi connectivity index (χ2n) is 6.92. The third kappa shape index (κ3) is 5.18. The van der Waals surface area contributed by atoms with Crippen molar-refractivity contribution < 1.29 is 14.3 Å². The average Bonchev–Trinajstić information content (AvgIpc) is 2.72. The van der Waals surface area contributed by atoms with Gasteiger partial charge in [0.15, 0.2) is 6.61 Å². The van der Waals surface area contributed by atoms with Crippen LogP contribution < -0.4 is 14.8 Å². The van der Waals surface area contributed by atoms with E-state index in [0.717, 1.165) is 40.6 Å². The fourth-order valence-electron chi connectivity index (χ4n) is 3.02. The molecule has 0 fully saturated rings. The number of hydrogen-bond donors (Lipinski definition) is 1. The molecule has 0 saturated heterocycles. The molecule has 0 spiro atoms. The minimum Gasteiger partial charge on any atom is -0.491 e. The third-order valence-corrected chi connectivity index (χ3v) is 5.14. The number of anilines is 1. The predicted molar refractivity (Wildman–Crippen MR) is 117 cm³/mol. The van der Waals surface area contributed by atoms with Crippen LogP contribution in [0, 0.1) is 13.8 Å². The van der Waals surface area contributed by atoms with Crippen molar-refractivity contribution in [1.82, 2.24) is 4.98 Å². The van der Waals surface area contributed by atoms with E-state index in [-0.39, 0.29) is 12.5 Å². The number of rotatable bonds is 8. The molecule has 0 unspecified atom stereocenters. The van der Waals surface area contributed by atoms with Gasteiger partial charge in [-0.2, -0.15) is 0 Å². The van der Waals surface area contributed by atoms with Gasteiger partial charge in [-0.1, -0.05) is 24.9 Å². The largest absolute Gasteiger partial charge is 0.491 e. The van der Waals surface area contributed by atoms with Gasteiger partial charge in [-0.15, -0.1) is 0 Å². The number of nitrogens with one attached hydrogen (secondary N) is 1. The van der Waals surface area contributed by atoms with Gasteiger partial charge < -0.3 is 14.8 Å². The van der Waals surface area contributed by atoms with Gasteiger partial charge >= 0.3 is 0 Å². The highest BCUT2D eigenvalue weighted by Gasteiger charge is 2.12. The molecule has 0 saturated carbocycles. The Balaban J connectivity index is 1.71. The molecule has 3 rings (SSSR count). The van der Waals surface area contributed by atoms with E-state index in [0.29, 0.717) is 23.1 Å². The van der Waals surface area contributed by atoms with Gasteiger partial charge in [0.2, 0.25) is 0 Å². The molecule has 5 nitrogen and oxygen atoms in total. The fraction of sp³-hybridized carbons (Fsp3) is 0.304. The number of hydrogen-bond acceptors (Lipinski definition) is 4. The van der Waals surface area contributed by atoms with Gasteiger partial charge in [-0.25, -0.2) is 0 Å². The molecule has 0 aliphatic rings. The summed E-state index contributed by atoms with van der Waals surface area (Å²) in [4.78, 5) is 16.9. The Kier molecular flexibility index (Phi) is 6.94. The molecule has 3 aromatic rings. The number of amides is 1. The number of halogens is 1. The minimum atomic E-state index is -0.250. The first-order valence-corrected chi connectivity index (χ1v) is 10.1. The summed E-state index contributed by atoms with van der Waals surface area (Å²) < 4.78 is 11.5. The molecule has 0 radical (unpaired) electrons. The van der Waals surface area contributed by atoms with Crippen molar-refractivity contribution in [2.24, 2.45) is 0 Å². The zero-order valence-corrected chi connectivity index (χ0v) is 17.7. The fourth-order valence-corrected chi connectivity index (χ4v) is 3.13. The quantitative estimate of drug-likeness (QED) is 0.482. The SMILES string of the molecule is CCCCOc1ccc(NC(=O)COc2cc(C)c(Cl)c(C)c2)c2cccnc12. The number of unbranched alkanes of at least 4 members (excludes halogenated alkanes) is 1. The molecule has 1 N–H and O–H groups in total. The van der Waals surface area contributed by atoms with Gasteiger partial charge in [-0.05, 0) is 67.8 Å². The standard InChI is InChI=1S/C23H25ClN2O3/c1-4-5-11-28-20-9-8-19(18-7-6-10-25-23(18)20)26-21(27)14-29-17-12-15(2)22(24)16(3)13-17/h6-10,12-13H,4-5,11,14H2,1-3H3,(H,26,27). The van der Waals surface area contributed by atoms with Crippen LogP contribution in [0.4, 0.5) is 5.69 Å². The molecule has 0 aliphatic carbocycles. The van der Waals surface area contributed by atoms with E-state index in [2.05, 4.69) is 17.2 Å². The highest BCUT2D eigenvalue weighted by Crippen LogP contribution is 2.30. The maximum Gasteiger partial charge on any atom is 0.262 e. The smallest absolute Gasteiger partial charge is 0.262 e. The summed E-state index contributed by atoms with van der Waals surface area (Å²) in [7, 11) is 0. The Bertz CT molecular complexity index is 997. The molecular weight excluding hydrogens is 388 g/mol. The van der Waals surface area contributed by atoms with Crippen LogP contribution in [0.2, 0.25) is 5.02 Å². The zero-order chi connectivity index (χ0) is 20.8. The molecule has 29 heavy (non-hydrogen) atoms. The molecule has 2 aromatic carbocycles. The molecule has 6 heteroatoms. The molecule has 1 heterocycles. The van der Waals surface area contributed by atoms with Crippen molar-refractivity contribution in [3.8, 4) is 11.5 Å². The van der Waals surface area contributed by atoms with Crippen LogP contribution in [0.5, 0.6) is 11.5 Å². The van der Waals surface area contributed by atoms with Crippen LogP contribution >= 0.6 is 11.6 Å². The first-order chi connectivity index (χ1) is 14.0. The van der Waals surface area contributed by atoms with E-state index in [1.807, 2.05) is 50.2 Å². The Morgan fingerprint density at radius 1 is 1.14 bits per heavy atom. The Morgan fingerprint density at radius 2 is 1.90 bits per heavy atom. The first kappa shape index (κ1) is 20.9. The number of pyridine rings is 1. The van der Waals surface area contributed by atoms with E-state index in [1.54, 1.807) is 6.20 Å². The van der Waals surface area contributed by atoms with Gasteiger partial charge in [0.05, 0.1) is 12.3 Å². The summed E-state index contributed by atoms with van der Waals surface area (Å²) >= 11 is 6.18. The van der Waals surface area contributed by atoms with Crippen LogP contribution in [0.15, 0.2) is 42.6 Å². The van der Waals surface area contributed by atoms with Crippen molar-refractivity contribution in [3.05, 3.63) is 58.7 Å². The monoisotopic (exact) mass is 412 g/mol. The van der Waals surface area contributed by atoms with Crippen LogP contribution in [0.3, 0.4) is 0 Å². The Morgan fingerprint density at radius 3 is 2.62 bits per heavy atom. The van der Waals surface area contributed by atoms with Gasteiger partial charge in [-0.3, -0.25) is 9.78 Å². The zero-order valence-electron chi connectivity index (χ0n) is 16.9. The lowest BCUT2D eigenvalue weighted by atomic mass is 10.1.